The molecule has 1 aliphatic rings. The van der Waals surface area contributed by atoms with Gasteiger partial charge in [-0.3, -0.25) is 9.59 Å². The van der Waals surface area contributed by atoms with Crippen LogP contribution in [0.2, 0.25) is 0 Å². The zero-order valence-electron chi connectivity index (χ0n) is 12.3. The van der Waals surface area contributed by atoms with Crippen molar-refractivity contribution in [3.63, 3.8) is 0 Å². The third-order valence-corrected chi connectivity index (χ3v) is 3.95. The van der Waals surface area contributed by atoms with Gasteiger partial charge in [0.15, 0.2) is 0 Å². The number of halogens is 1. The Bertz CT molecular complexity index is 795. The number of hydrogen-bond acceptors (Lipinski definition) is 3. The van der Waals surface area contributed by atoms with Crippen molar-refractivity contribution in [2.45, 2.75) is 18.6 Å². The molecule has 2 aromatic rings. The van der Waals surface area contributed by atoms with E-state index in [1.165, 1.54) is 4.90 Å². The zero-order chi connectivity index (χ0) is 16.4. The Labute approximate surface area is 131 Å². The summed E-state index contributed by atoms with van der Waals surface area (Å²) in [6, 6.07) is 8.48. The lowest BCUT2D eigenvalue weighted by atomic mass is 10.1. The van der Waals surface area contributed by atoms with Crippen LogP contribution in [0, 0.1) is 11.3 Å². The van der Waals surface area contributed by atoms with Gasteiger partial charge in [-0.1, -0.05) is 18.2 Å². The van der Waals surface area contributed by atoms with Gasteiger partial charge in [0, 0.05) is 23.5 Å². The number of para-hydroxylation sites is 1. The van der Waals surface area contributed by atoms with E-state index in [0.717, 1.165) is 10.9 Å². The number of alkyl halides is 1. The highest BCUT2D eigenvalue weighted by atomic mass is 19.1. The van der Waals surface area contributed by atoms with Crippen molar-refractivity contribution in [2.24, 2.45) is 0 Å². The minimum atomic E-state index is -1.19. The quantitative estimate of drug-likeness (QED) is 0.896. The molecule has 2 heterocycles. The van der Waals surface area contributed by atoms with E-state index >= 15 is 0 Å². The van der Waals surface area contributed by atoms with Crippen LogP contribution in [-0.4, -0.2) is 47.0 Å². The Kier molecular flexibility index (Phi) is 3.98. The molecule has 23 heavy (non-hydrogen) atoms. The summed E-state index contributed by atoms with van der Waals surface area (Å²) in [6.07, 6.45) is 0.419. The third-order valence-electron chi connectivity index (χ3n) is 3.95. The van der Waals surface area contributed by atoms with Gasteiger partial charge in [0.2, 0.25) is 5.91 Å². The molecule has 2 amide bonds. The summed E-state index contributed by atoms with van der Waals surface area (Å²) < 4.78 is 13.3. The number of aromatic amines is 1. The Morgan fingerprint density at radius 2 is 2.22 bits per heavy atom. The van der Waals surface area contributed by atoms with Gasteiger partial charge in [0.1, 0.15) is 12.2 Å². The lowest BCUT2D eigenvalue weighted by Gasteiger charge is -2.19. The molecule has 3 rings (SSSR count). The maximum absolute atomic E-state index is 13.3. The van der Waals surface area contributed by atoms with Crippen molar-refractivity contribution >= 4 is 22.7 Å². The molecule has 2 atom stereocenters. The number of carbonyl (C=O) groups excluding carboxylic acids is 2. The van der Waals surface area contributed by atoms with Gasteiger partial charge in [-0.15, -0.1) is 0 Å². The average Bonchev–Trinajstić information content (AvgIpc) is 3.15. The molecule has 1 fully saturated rings. The van der Waals surface area contributed by atoms with Crippen molar-refractivity contribution in [1.29, 1.82) is 5.26 Å². The molecule has 0 radical (unpaired) electrons. The second kappa shape index (κ2) is 6.08. The van der Waals surface area contributed by atoms with Crippen LogP contribution in [0.15, 0.2) is 30.5 Å². The van der Waals surface area contributed by atoms with E-state index in [0.29, 0.717) is 5.56 Å². The van der Waals surface area contributed by atoms with E-state index < -0.39 is 18.1 Å². The number of nitrogens with one attached hydrogen (secondary N) is 2. The van der Waals surface area contributed by atoms with Gasteiger partial charge < -0.3 is 15.2 Å². The summed E-state index contributed by atoms with van der Waals surface area (Å²) in [7, 11) is 0. The normalized spacial score (nSPS) is 20.4. The largest absolute Gasteiger partial charge is 0.360 e. The first-order valence-corrected chi connectivity index (χ1v) is 7.27. The van der Waals surface area contributed by atoms with Crippen LogP contribution in [0.25, 0.3) is 10.9 Å². The van der Waals surface area contributed by atoms with Crippen LogP contribution in [0.5, 0.6) is 0 Å². The molecule has 1 aliphatic heterocycles. The van der Waals surface area contributed by atoms with Crippen LogP contribution in [0.3, 0.4) is 0 Å². The predicted molar refractivity (Wildman–Crippen MR) is 81.3 cm³/mol. The Hall–Kier alpha value is -2.88. The molecule has 0 saturated carbocycles. The molecule has 1 unspecified atom stereocenters. The number of amides is 2. The smallest absolute Gasteiger partial charge is 0.253 e. The number of rotatable bonds is 3. The van der Waals surface area contributed by atoms with Crippen molar-refractivity contribution in [2.75, 3.05) is 13.1 Å². The molecule has 6 nitrogen and oxygen atoms in total. The van der Waals surface area contributed by atoms with Gasteiger partial charge in [0.05, 0.1) is 24.7 Å². The monoisotopic (exact) mass is 314 g/mol. The Morgan fingerprint density at radius 1 is 1.43 bits per heavy atom. The maximum Gasteiger partial charge on any atom is 0.253 e. The van der Waals surface area contributed by atoms with Gasteiger partial charge in [-0.25, -0.2) is 4.39 Å². The van der Waals surface area contributed by atoms with Crippen molar-refractivity contribution in [3.05, 3.63) is 36.0 Å². The van der Waals surface area contributed by atoms with Crippen LogP contribution in [0.1, 0.15) is 16.8 Å². The number of H-pyrrole nitrogens is 1. The second-order valence-corrected chi connectivity index (χ2v) is 5.45. The fourth-order valence-corrected chi connectivity index (χ4v) is 2.79. The molecular formula is C16H15FN4O2. The van der Waals surface area contributed by atoms with E-state index in [1.54, 1.807) is 6.20 Å². The number of nitrogens with zero attached hydrogens (tertiary/aromatic N) is 2. The fraction of sp³-hybridized carbons (Fsp3) is 0.312. The molecular weight excluding hydrogens is 299 g/mol. The first-order valence-electron chi connectivity index (χ1n) is 7.27. The number of fused-ring (bicyclic) bond motifs is 1. The van der Waals surface area contributed by atoms with E-state index in [9.17, 15) is 14.0 Å². The van der Waals surface area contributed by atoms with E-state index in [-0.39, 0.29) is 25.4 Å². The number of aromatic nitrogens is 1. The molecule has 0 aliphatic carbocycles. The summed E-state index contributed by atoms with van der Waals surface area (Å²) in [5, 5.41) is 12.2. The Balaban J connectivity index is 1.65. The molecule has 2 N–H and O–H groups in total. The van der Waals surface area contributed by atoms with Crippen LogP contribution in [0.4, 0.5) is 4.39 Å². The number of nitriles is 1. The summed E-state index contributed by atoms with van der Waals surface area (Å²) in [5.74, 6) is -0.842. The molecule has 1 saturated heterocycles. The highest BCUT2D eigenvalue weighted by Gasteiger charge is 2.35. The minimum absolute atomic E-state index is 0.0264. The highest BCUT2D eigenvalue weighted by Crippen LogP contribution is 2.20. The topological polar surface area (TPSA) is 89.0 Å². The first kappa shape index (κ1) is 15.0. The number of benzene rings is 1. The molecule has 0 bridgehead atoms. The SMILES string of the molecule is N#C[C@@H]1CC(F)CN1C(=O)CNC(=O)c1c[nH]c2ccccc12. The standard InChI is InChI=1S/C16H15FN4O2/c17-10-5-11(6-18)21(9-10)15(22)8-20-16(23)13-7-19-14-4-2-1-3-12(13)14/h1-4,7,10-11,19H,5,8-9H2,(H,20,23)/t10?,11-/m0/s1. The molecule has 1 aromatic heterocycles. The fourth-order valence-electron chi connectivity index (χ4n) is 2.79. The summed E-state index contributed by atoms with van der Waals surface area (Å²) in [5.41, 5.74) is 1.27. The number of hydrogen-bond donors (Lipinski definition) is 2. The highest BCUT2D eigenvalue weighted by molar-refractivity contribution is 6.07. The minimum Gasteiger partial charge on any atom is -0.360 e. The molecule has 118 valence electrons. The van der Waals surface area contributed by atoms with Crippen molar-refractivity contribution in [1.82, 2.24) is 15.2 Å². The summed E-state index contributed by atoms with van der Waals surface area (Å²) in [6.45, 7) is -0.358. The van der Waals surface area contributed by atoms with Gasteiger partial charge in [0.25, 0.3) is 5.91 Å². The average molecular weight is 314 g/mol. The van der Waals surface area contributed by atoms with Gasteiger partial charge in [-0.2, -0.15) is 5.26 Å². The van der Waals surface area contributed by atoms with Crippen LogP contribution >= 0.6 is 0 Å². The summed E-state index contributed by atoms with van der Waals surface area (Å²) in [4.78, 5) is 28.5. The number of carbonyl (C=O) groups is 2. The second-order valence-electron chi connectivity index (χ2n) is 5.45. The van der Waals surface area contributed by atoms with E-state index in [1.807, 2.05) is 30.3 Å². The van der Waals surface area contributed by atoms with Gasteiger partial charge in [-0.05, 0) is 6.07 Å². The third kappa shape index (κ3) is 2.88. The lowest BCUT2D eigenvalue weighted by molar-refractivity contribution is -0.130. The predicted octanol–water partition coefficient (Wildman–Crippen LogP) is 1.36. The maximum atomic E-state index is 13.3. The molecule has 7 heteroatoms. The first-order chi connectivity index (χ1) is 11.1. The van der Waals surface area contributed by atoms with Crippen molar-refractivity contribution < 1.29 is 14.0 Å². The van der Waals surface area contributed by atoms with E-state index in [4.69, 9.17) is 5.26 Å². The summed E-state index contributed by atoms with van der Waals surface area (Å²) >= 11 is 0. The molecule has 0 spiro atoms. The number of likely N-dealkylation sites (tertiary alicyclic amines) is 1. The van der Waals surface area contributed by atoms with Gasteiger partial charge >= 0.3 is 0 Å². The zero-order valence-corrected chi connectivity index (χ0v) is 12.3. The van der Waals surface area contributed by atoms with Crippen LogP contribution in [-0.2, 0) is 4.79 Å². The van der Waals surface area contributed by atoms with Crippen molar-refractivity contribution in [3.8, 4) is 6.07 Å². The Morgan fingerprint density at radius 3 is 3.00 bits per heavy atom. The lowest BCUT2D eigenvalue weighted by Crippen LogP contribution is -2.42. The van der Waals surface area contributed by atoms with Crippen LogP contribution < -0.4 is 5.32 Å². The van der Waals surface area contributed by atoms with E-state index in [2.05, 4.69) is 10.3 Å². The molecule has 1 aromatic carbocycles.